The number of amides is 1. The predicted octanol–water partition coefficient (Wildman–Crippen LogP) is 0.433. The number of ether oxygens (including phenoxy) is 2. The van der Waals surface area contributed by atoms with Crippen molar-refractivity contribution >= 4 is 11.9 Å². The summed E-state index contributed by atoms with van der Waals surface area (Å²) in [6, 6.07) is -0.544. The molecule has 3 aliphatic rings. The van der Waals surface area contributed by atoms with Crippen molar-refractivity contribution in [3.63, 3.8) is 0 Å². The average molecular weight is 253 g/mol. The molecule has 3 rings (SSSR count). The van der Waals surface area contributed by atoms with Crippen LogP contribution in [0.3, 0.4) is 0 Å². The van der Waals surface area contributed by atoms with Gasteiger partial charge in [-0.05, 0) is 24.7 Å². The summed E-state index contributed by atoms with van der Waals surface area (Å²) in [4.78, 5) is 25.8. The SMILES string of the molecule is COC(=O)C1COCCN1C(=O)C1C2CCCC21. The van der Waals surface area contributed by atoms with Crippen molar-refractivity contribution in [3.8, 4) is 0 Å². The zero-order valence-electron chi connectivity index (χ0n) is 10.6. The number of nitrogens with zero attached hydrogens (tertiary/aromatic N) is 1. The molecule has 5 heteroatoms. The molecule has 5 nitrogen and oxygen atoms in total. The van der Waals surface area contributed by atoms with Crippen molar-refractivity contribution < 1.29 is 19.1 Å². The molecular formula is C13H19NO4. The molecule has 1 heterocycles. The molecule has 1 amide bonds. The maximum atomic E-state index is 12.5. The van der Waals surface area contributed by atoms with Crippen molar-refractivity contribution in [3.05, 3.63) is 0 Å². The minimum atomic E-state index is -0.544. The summed E-state index contributed by atoms with van der Waals surface area (Å²) >= 11 is 0. The van der Waals surface area contributed by atoms with Gasteiger partial charge in [-0.1, -0.05) is 6.42 Å². The number of fused-ring (bicyclic) bond motifs is 1. The Labute approximate surface area is 106 Å². The first-order valence-corrected chi connectivity index (χ1v) is 6.70. The lowest BCUT2D eigenvalue weighted by atomic mass is 10.1. The van der Waals surface area contributed by atoms with Crippen LogP contribution < -0.4 is 0 Å². The third-order valence-corrected chi connectivity index (χ3v) is 4.58. The normalized spacial score (nSPS) is 38.2. The molecule has 2 aliphatic carbocycles. The average Bonchev–Trinajstić information content (AvgIpc) is 2.89. The standard InChI is InChI=1S/C13H19NO4/c1-17-13(16)10-7-18-6-5-14(10)12(15)11-8-3-2-4-9(8)11/h8-11H,2-7H2,1H3. The van der Waals surface area contributed by atoms with Crippen molar-refractivity contribution in [2.45, 2.75) is 25.3 Å². The molecule has 3 atom stereocenters. The molecule has 1 aliphatic heterocycles. The molecule has 0 aromatic rings. The number of rotatable bonds is 2. The number of hydrogen-bond acceptors (Lipinski definition) is 4. The quantitative estimate of drug-likeness (QED) is 0.670. The fraction of sp³-hybridized carbons (Fsp3) is 0.846. The Balaban J connectivity index is 1.69. The maximum Gasteiger partial charge on any atom is 0.331 e. The fourth-order valence-corrected chi connectivity index (χ4v) is 3.58. The van der Waals surface area contributed by atoms with Gasteiger partial charge < -0.3 is 14.4 Å². The van der Waals surface area contributed by atoms with E-state index in [1.54, 1.807) is 4.90 Å². The second-order valence-electron chi connectivity index (χ2n) is 5.43. The Morgan fingerprint density at radius 3 is 2.67 bits per heavy atom. The molecule has 18 heavy (non-hydrogen) atoms. The summed E-state index contributed by atoms with van der Waals surface area (Å²) in [5.41, 5.74) is 0. The van der Waals surface area contributed by atoms with E-state index in [0.717, 1.165) is 0 Å². The highest BCUT2D eigenvalue weighted by Crippen LogP contribution is 2.58. The minimum absolute atomic E-state index is 0.142. The van der Waals surface area contributed by atoms with Crippen molar-refractivity contribution in [2.75, 3.05) is 26.9 Å². The molecule has 2 saturated carbocycles. The summed E-state index contributed by atoms with van der Waals surface area (Å²) in [6.45, 7) is 1.29. The van der Waals surface area contributed by atoms with Crippen LogP contribution in [0.2, 0.25) is 0 Å². The first-order valence-electron chi connectivity index (χ1n) is 6.70. The zero-order chi connectivity index (χ0) is 12.7. The molecule has 0 spiro atoms. The Kier molecular flexibility index (Phi) is 3.01. The van der Waals surface area contributed by atoms with Gasteiger partial charge in [-0.15, -0.1) is 0 Å². The first kappa shape index (κ1) is 12.0. The first-order chi connectivity index (χ1) is 8.74. The molecule has 100 valence electrons. The second kappa shape index (κ2) is 4.53. The third kappa shape index (κ3) is 1.81. The van der Waals surface area contributed by atoms with Gasteiger partial charge in [-0.25, -0.2) is 4.79 Å². The van der Waals surface area contributed by atoms with Crippen molar-refractivity contribution in [1.82, 2.24) is 4.90 Å². The highest BCUT2D eigenvalue weighted by Gasteiger charge is 2.58. The molecule has 0 N–H and O–H groups in total. The van der Waals surface area contributed by atoms with E-state index < -0.39 is 6.04 Å². The van der Waals surface area contributed by atoms with E-state index in [2.05, 4.69) is 0 Å². The van der Waals surface area contributed by atoms with Crippen LogP contribution in [0.5, 0.6) is 0 Å². The van der Waals surface area contributed by atoms with Crippen LogP contribution >= 0.6 is 0 Å². The van der Waals surface area contributed by atoms with Crippen LogP contribution in [-0.2, 0) is 19.1 Å². The maximum absolute atomic E-state index is 12.5. The Hall–Kier alpha value is -1.10. The van der Waals surface area contributed by atoms with Gasteiger partial charge in [-0.3, -0.25) is 4.79 Å². The van der Waals surface area contributed by atoms with E-state index in [9.17, 15) is 9.59 Å². The van der Waals surface area contributed by atoms with Crippen LogP contribution in [0.4, 0.5) is 0 Å². The van der Waals surface area contributed by atoms with Gasteiger partial charge in [0.25, 0.3) is 0 Å². The number of carbonyl (C=O) groups is 2. The number of carbonyl (C=O) groups excluding carboxylic acids is 2. The van der Waals surface area contributed by atoms with E-state index in [0.29, 0.717) is 25.0 Å². The molecule has 3 fully saturated rings. The number of hydrogen-bond donors (Lipinski definition) is 0. The predicted molar refractivity (Wildman–Crippen MR) is 62.7 cm³/mol. The fourth-order valence-electron chi connectivity index (χ4n) is 3.58. The molecule has 0 aromatic carbocycles. The van der Waals surface area contributed by atoms with Gasteiger partial charge in [0.2, 0.25) is 5.91 Å². The van der Waals surface area contributed by atoms with E-state index in [4.69, 9.17) is 9.47 Å². The monoisotopic (exact) mass is 253 g/mol. The third-order valence-electron chi connectivity index (χ3n) is 4.58. The van der Waals surface area contributed by atoms with Crippen molar-refractivity contribution in [2.24, 2.45) is 17.8 Å². The lowest BCUT2D eigenvalue weighted by Crippen LogP contribution is -2.53. The Morgan fingerprint density at radius 2 is 2.00 bits per heavy atom. The second-order valence-corrected chi connectivity index (χ2v) is 5.43. The number of morpholine rings is 1. The van der Waals surface area contributed by atoms with Gasteiger partial charge in [0.15, 0.2) is 6.04 Å². The highest BCUT2D eigenvalue weighted by molar-refractivity contribution is 5.88. The number of esters is 1. The molecule has 3 unspecified atom stereocenters. The molecule has 0 radical (unpaired) electrons. The molecule has 0 bridgehead atoms. The summed E-state index contributed by atoms with van der Waals surface area (Å²) in [5.74, 6) is 1.11. The van der Waals surface area contributed by atoms with Crippen LogP contribution in [-0.4, -0.2) is 49.7 Å². The van der Waals surface area contributed by atoms with Crippen LogP contribution in [0, 0.1) is 17.8 Å². The van der Waals surface area contributed by atoms with E-state index in [1.165, 1.54) is 26.4 Å². The summed E-state index contributed by atoms with van der Waals surface area (Å²) in [6.07, 6.45) is 3.60. The molecule has 0 aromatic heterocycles. The Bertz CT molecular complexity index is 360. The van der Waals surface area contributed by atoms with Gasteiger partial charge in [0.05, 0.1) is 20.3 Å². The lowest BCUT2D eigenvalue weighted by molar-refractivity contribution is -0.161. The largest absolute Gasteiger partial charge is 0.467 e. The Morgan fingerprint density at radius 1 is 1.28 bits per heavy atom. The smallest absolute Gasteiger partial charge is 0.331 e. The summed E-state index contributed by atoms with van der Waals surface area (Å²) < 4.78 is 10.0. The van der Waals surface area contributed by atoms with E-state index >= 15 is 0 Å². The lowest BCUT2D eigenvalue weighted by Gasteiger charge is -2.34. The number of methoxy groups -OCH3 is 1. The van der Waals surface area contributed by atoms with E-state index in [-0.39, 0.29) is 24.4 Å². The zero-order valence-corrected chi connectivity index (χ0v) is 10.6. The molecular weight excluding hydrogens is 234 g/mol. The highest BCUT2D eigenvalue weighted by atomic mass is 16.5. The van der Waals surface area contributed by atoms with Crippen LogP contribution in [0.1, 0.15) is 19.3 Å². The van der Waals surface area contributed by atoms with Crippen molar-refractivity contribution in [1.29, 1.82) is 0 Å². The van der Waals surface area contributed by atoms with Crippen LogP contribution in [0.15, 0.2) is 0 Å². The summed E-state index contributed by atoms with van der Waals surface area (Å²) in [7, 11) is 1.35. The summed E-state index contributed by atoms with van der Waals surface area (Å²) in [5, 5.41) is 0. The van der Waals surface area contributed by atoms with E-state index in [1.807, 2.05) is 0 Å². The van der Waals surface area contributed by atoms with Crippen LogP contribution in [0.25, 0.3) is 0 Å². The minimum Gasteiger partial charge on any atom is -0.467 e. The molecule has 1 saturated heterocycles. The van der Waals surface area contributed by atoms with Gasteiger partial charge in [0.1, 0.15) is 0 Å². The topological polar surface area (TPSA) is 55.8 Å². The van der Waals surface area contributed by atoms with Gasteiger partial charge in [0, 0.05) is 12.5 Å². The van der Waals surface area contributed by atoms with Gasteiger partial charge in [-0.2, -0.15) is 0 Å². The van der Waals surface area contributed by atoms with Gasteiger partial charge >= 0.3 is 5.97 Å².